The minimum absolute atomic E-state index is 0.0875. The van der Waals surface area contributed by atoms with Gasteiger partial charge in [-0.15, -0.1) is 0 Å². The first-order valence-corrected chi connectivity index (χ1v) is 8.25. The second-order valence-electron chi connectivity index (χ2n) is 6.05. The fourth-order valence-electron chi connectivity index (χ4n) is 3.09. The number of methoxy groups -OCH3 is 1. The predicted molar refractivity (Wildman–Crippen MR) is 100 cm³/mol. The van der Waals surface area contributed by atoms with Crippen LogP contribution in [0.4, 0.5) is 5.82 Å². The Kier molecular flexibility index (Phi) is 4.89. The number of nitrogen functional groups attached to an aromatic ring is 1. The standard InChI is InChI=1S/C21H20N2O3/c1-13-17(18(20(22)23-13)21(25)26-2)19(24)16-11-7-6-10-15(16)12-14-8-4-3-5-9-14/h3-11,23H,12,22H2,1-2H3. The highest BCUT2D eigenvalue weighted by molar-refractivity contribution is 6.17. The average molecular weight is 348 g/mol. The monoisotopic (exact) mass is 348 g/mol. The van der Waals surface area contributed by atoms with Gasteiger partial charge in [-0.3, -0.25) is 4.79 Å². The van der Waals surface area contributed by atoms with Gasteiger partial charge in [0, 0.05) is 11.3 Å². The Bertz CT molecular complexity index is 959. The number of rotatable bonds is 5. The van der Waals surface area contributed by atoms with E-state index in [1.54, 1.807) is 13.0 Å². The Hall–Kier alpha value is -3.34. The molecule has 2 aromatic carbocycles. The smallest absolute Gasteiger partial charge is 0.342 e. The molecular formula is C21H20N2O3. The van der Waals surface area contributed by atoms with Crippen LogP contribution in [0, 0.1) is 6.92 Å². The number of hydrogen-bond acceptors (Lipinski definition) is 4. The van der Waals surface area contributed by atoms with E-state index < -0.39 is 5.97 Å². The molecule has 5 nitrogen and oxygen atoms in total. The number of H-pyrrole nitrogens is 1. The summed E-state index contributed by atoms with van der Waals surface area (Å²) in [6.45, 7) is 1.72. The molecule has 0 saturated heterocycles. The Morgan fingerprint density at radius 1 is 1.00 bits per heavy atom. The molecule has 0 saturated carbocycles. The molecule has 0 aliphatic rings. The summed E-state index contributed by atoms with van der Waals surface area (Å²) in [4.78, 5) is 28.2. The molecular weight excluding hydrogens is 328 g/mol. The number of esters is 1. The number of anilines is 1. The third kappa shape index (κ3) is 3.24. The lowest BCUT2D eigenvalue weighted by atomic mass is 9.92. The molecule has 0 unspecified atom stereocenters. The molecule has 0 spiro atoms. The van der Waals surface area contributed by atoms with Gasteiger partial charge in [0.2, 0.25) is 0 Å². The number of aromatic amines is 1. The minimum Gasteiger partial charge on any atom is -0.465 e. The number of ether oxygens (including phenoxy) is 1. The molecule has 3 N–H and O–H groups in total. The first kappa shape index (κ1) is 17.5. The fourth-order valence-corrected chi connectivity index (χ4v) is 3.09. The Morgan fingerprint density at radius 3 is 2.35 bits per heavy atom. The highest BCUT2D eigenvalue weighted by Gasteiger charge is 2.27. The van der Waals surface area contributed by atoms with Crippen LogP contribution in [0.3, 0.4) is 0 Å². The summed E-state index contributed by atoms with van der Waals surface area (Å²) in [5.41, 5.74) is 9.31. The summed E-state index contributed by atoms with van der Waals surface area (Å²) in [5, 5.41) is 0. The quantitative estimate of drug-likeness (QED) is 0.546. The summed E-state index contributed by atoms with van der Waals surface area (Å²) in [7, 11) is 1.27. The lowest BCUT2D eigenvalue weighted by Crippen LogP contribution is -2.13. The molecule has 0 aliphatic heterocycles. The van der Waals surface area contributed by atoms with Crippen molar-refractivity contribution < 1.29 is 14.3 Å². The third-order valence-corrected chi connectivity index (χ3v) is 4.33. The van der Waals surface area contributed by atoms with E-state index in [4.69, 9.17) is 10.5 Å². The van der Waals surface area contributed by atoms with Gasteiger partial charge in [0.25, 0.3) is 0 Å². The van der Waals surface area contributed by atoms with Gasteiger partial charge in [-0.2, -0.15) is 0 Å². The van der Waals surface area contributed by atoms with Gasteiger partial charge in [0.1, 0.15) is 11.4 Å². The van der Waals surface area contributed by atoms with E-state index in [0.717, 1.165) is 11.1 Å². The zero-order valence-electron chi connectivity index (χ0n) is 14.7. The second kappa shape index (κ2) is 7.27. The van der Waals surface area contributed by atoms with Crippen molar-refractivity contribution in [1.82, 2.24) is 4.98 Å². The first-order valence-electron chi connectivity index (χ1n) is 8.25. The van der Waals surface area contributed by atoms with Gasteiger partial charge in [0.05, 0.1) is 12.7 Å². The van der Waals surface area contributed by atoms with Gasteiger partial charge in [-0.1, -0.05) is 54.6 Å². The van der Waals surface area contributed by atoms with E-state index in [0.29, 0.717) is 17.7 Å². The van der Waals surface area contributed by atoms with Crippen molar-refractivity contribution in [3.05, 3.63) is 88.1 Å². The van der Waals surface area contributed by atoms with E-state index in [1.165, 1.54) is 7.11 Å². The molecule has 3 aromatic rings. The number of benzene rings is 2. The summed E-state index contributed by atoms with van der Waals surface area (Å²) in [6, 6.07) is 17.3. The van der Waals surface area contributed by atoms with Crippen LogP contribution in [0.5, 0.6) is 0 Å². The maximum absolute atomic E-state index is 13.2. The molecule has 132 valence electrons. The van der Waals surface area contributed by atoms with Crippen molar-refractivity contribution in [2.24, 2.45) is 0 Å². The molecule has 0 aliphatic carbocycles. The molecule has 1 aromatic heterocycles. The predicted octanol–water partition coefficient (Wildman–Crippen LogP) is 3.51. The number of hydrogen-bond donors (Lipinski definition) is 2. The normalized spacial score (nSPS) is 10.5. The second-order valence-corrected chi connectivity index (χ2v) is 6.05. The van der Waals surface area contributed by atoms with E-state index in [1.807, 2.05) is 48.5 Å². The fraction of sp³-hybridized carbons (Fsp3) is 0.143. The molecule has 1 heterocycles. The Balaban J connectivity index is 2.06. The molecule has 5 heteroatoms. The topological polar surface area (TPSA) is 85.2 Å². The van der Waals surface area contributed by atoms with Crippen molar-refractivity contribution in [3.8, 4) is 0 Å². The molecule has 0 amide bonds. The van der Waals surface area contributed by atoms with Gasteiger partial charge >= 0.3 is 5.97 Å². The molecule has 0 radical (unpaired) electrons. The third-order valence-electron chi connectivity index (χ3n) is 4.33. The van der Waals surface area contributed by atoms with Gasteiger partial charge < -0.3 is 15.5 Å². The van der Waals surface area contributed by atoms with Gasteiger partial charge in [0.15, 0.2) is 5.78 Å². The van der Waals surface area contributed by atoms with Crippen molar-refractivity contribution >= 4 is 17.6 Å². The van der Waals surface area contributed by atoms with E-state index in [9.17, 15) is 9.59 Å². The van der Waals surface area contributed by atoms with Crippen LogP contribution >= 0.6 is 0 Å². The van der Waals surface area contributed by atoms with Crippen molar-refractivity contribution in [2.75, 3.05) is 12.8 Å². The van der Waals surface area contributed by atoms with Crippen LogP contribution in [0.25, 0.3) is 0 Å². The van der Waals surface area contributed by atoms with Crippen molar-refractivity contribution in [3.63, 3.8) is 0 Å². The lowest BCUT2D eigenvalue weighted by Gasteiger charge is -2.10. The summed E-state index contributed by atoms with van der Waals surface area (Å²) >= 11 is 0. The molecule has 0 bridgehead atoms. The van der Waals surface area contributed by atoms with E-state index in [-0.39, 0.29) is 22.7 Å². The molecule has 0 atom stereocenters. The number of aromatic nitrogens is 1. The Morgan fingerprint density at radius 2 is 1.65 bits per heavy atom. The molecule has 3 rings (SSSR count). The number of nitrogens with two attached hydrogens (primary N) is 1. The van der Waals surface area contributed by atoms with E-state index >= 15 is 0 Å². The highest BCUT2D eigenvalue weighted by Crippen LogP contribution is 2.26. The number of aryl methyl sites for hydroxylation is 1. The van der Waals surface area contributed by atoms with Crippen LogP contribution in [0.15, 0.2) is 54.6 Å². The van der Waals surface area contributed by atoms with E-state index in [2.05, 4.69) is 4.98 Å². The molecule has 26 heavy (non-hydrogen) atoms. The molecule has 0 fully saturated rings. The summed E-state index contributed by atoms with van der Waals surface area (Å²) < 4.78 is 4.79. The van der Waals surface area contributed by atoms with Gasteiger partial charge in [-0.05, 0) is 24.5 Å². The maximum atomic E-state index is 13.2. The number of nitrogens with one attached hydrogen (secondary N) is 1. The van der Waals surface area contributed by atoms with Crippen LogP contribution < -0.4 is 5.73 Å². The maximum Gasteiger partial charge on any atom is 0.342 e. The van der Waals surface area contributed by atoms with Crippen LogP contribution in [0.2, 0.25) is 0 Å². The largest absolute Gasteiger partial charge is 0.465 e. The van der Waals surface area contributed by atoms with Crippen LogP contribution in [0.1, 0.15) is 43.1 Å². The lowest BCUT2D eigenvalue weighted by molar-refractivity contribution is 0.0599. The number of ketones is 1. The van der Waals surface area contributed by atoms with Crippen molar-refractivity contribution in [2.45, 2.75) is 13.3 Å². The zero-order valence-corrected chi connectivity index (χ0v) is 14.7. The summed E-state index contributed by atoms with van der Waals surface area (Å²) in [6.07, 6.45) is 0.620. The number of carbonyl (C=O) groups excluding carboxylic acids is 2. The number of carbonyl (C=O) groups is 2. The van der Waals surface area contributed by atoms with Gasteiger partial charge in [-0.25, -0.2) is 4.79 Å². The highest BCUT2D eigenvalue weighted by atomic mass is 16.5. The minimum atomic E-state index is -0.629. The SMILES string of the molecule is COC(=O)c1c(N)[nH]c(C)c1C(=O)c1ccccc1Cc1ccccc1. The first-order chi connectivity index (χ1) is 12.5. The van der Waals surface area contributed by atoms with Crippen LogP contribution in [-0.4, -0.2) is 23.8 Å². The summed E-state index contributed by atoms with van der Waals surface area (Å²) in [5.74, 6) is -0.739. The Labute approximate surface area is 151 Å². The zero-order chi connectivity index (χ0) is 18.7. The van der Waals surface area contributed by atoms with Crippen molar-refractivity contribution in [1.29, 1.82) is 0 Å². The average Bonchev–Trinajstić information content (AvgIpc) is 2.95. The van der Waals surface area contributed by atoms with Crippen LogP contribution in [-0.2, 0) is 11.2 Å².